The second-order valence-electron chi connectivity index (χ2n) is 11.5. The van der Waals surface area contributed by atoms with Gasteiger partial charge in [0.05, 0.1) is 6.61 Å². The molecule has 244 valence electrons. The number of hydrogen-bond donors (Lipinski definition) is 1. The summed E-state index contributed by atoms with van der Waals surface area (Å²) in [6, 6.07) is 7.69. The summed E-state index contributed by atoms with van der Waals surface area (Å²) in [4.78, 5) is 21.8. The number of carbonyl (C=O) groups is 2. The Balaban J connectivity index is 0.000000996. The van der Waals surface area contributed by atoms with E-state index in [0.29, 0.717) is 25.2 Å². The number of unbranched alkanes of at least 4 members (excludes halogenated alkanes) is 16. The lowest BCUT2D eigenvalue weighted by Crippen LogP contribution is -2.21. The first-order valence-electron chi connectivity index (χ1n) is 17.4. The van der Waals surface area contributed by atoms with Gasteiger partial charge in [-0.25, -0.2) is 0 Å². The Morgan fingerprint density at radius 2 is 1.24 bits per heavy atom. The van der Waals surface area contributed by atoms with Crippen molar-refractivity contribution in [2.45, 2.75) is 162 Å². The quantitative estimate of drug-likeness (QED) is 0.0452. The number of ether oxygens (including phenoxy) is 2. The van der Waals surface area contributed by atoms with Gasteiger partial charge in [-0.3, -0.25) is 9.59 Å². The molecule has 1 aromatic rings. The lowest BCUT2D eigenvalue weighted by Gasteiger charge is -2.14. The molecule has 0 heterocycles. The standard InChI is InChI=1S/C24H49NO3.C12H16O2/c1-3-5-7-9-13-17-21-25(27)22-18-14-11-12-16-20-24(26)28-23-19-15-10-8-6-4-2;1-2-3-4-6-11-7-5-8-12(9-11)14-10-13/h27H,3-23H2,1-2H3;5,7-10H,2-4,6H2,1H3. The zero-order valence-corrected chi connectivity index (χ0v) is 27.6. The summed E-state index contributed by atoms with van der Waals surface area (Å²) in [7, 11) is 0. The average molecular weight is 592 g/mol. The molecule has 0 radical (unpaired) electrons. The molecule has 0 bridgehead atoms. The van der Waals surface area contributed by atoms with Gasteiger partial charge in [-0.05, 0) is 56.2 Å². The smallest absolute Gasteiger partial charge is 0.305 e. The molecule has 6 heteroatoms. The number of nitrogens with zero attached hydrogens (tertiary/aromatic N) is 1. The van der Waals surface area contributed by atoms with Crippen molar-refractivity contribution in [3.8, 4) is 5.75 Å². The summed E-state index contributed by atoms with van der Waals surface area (Å²) in [6.07, 6.45) is 25.5. The Morgan fingerprint density at radius 1 is 0.714 bits per heavy atom. The zero-order chi connectivity index (χ0) is 30.9. The van der Waals surface area contributed by atoms with Gasteiger partial charge in [0.2, 0.25) is 0 Å². The van der Waals surface area contributed by atoms with E-state index in [0.717, 1.165) is 64.5 Å². The van der Waals surface area contributed by atoms with Gasteiger partial charge in [0.1, 0.15) is 5.75 Å². The van der Waals surface area contributed by atoms with E-state index in [1.165, 1.54) is 94.1 Å². The number of benzene rings is 1. The molecule has 42 heavy (non-hydrogen) atoms. The second kappa shape index (κ2) is 32.0. The zero-order valence-electron chi connectivity index (χ0n) is 27.6. The van der Waals surface area contributed by atoms with Gasteiger partial charge in [0.15, 0.2) is 0 Å². The summed E-state index contributed by atoms with van der Waals surface area (Å²) < 4.78 is 10.1. The maximum absolute atomic E-state index is 11.7. The van der Waals surface area contributed by atoms with E-state index in [1.807, 2.05) is 12.1 Å². The second-order valence-corrected chi connectivity index (χ2v) is 11.5. The third-order valence-electron chi connectivity index (χ3n) is 7.48. The number of esters is 1. The Kier molecular flexibility index (Phi) is 30.5. The minimum absolute atomic E-state index is 0.0333. The molecular formula is C36H65NO5. The van der Waals surface area contributed by atoms with Crippen molar-refractivity contribution in [3.63, 3.8) is 0 Å². The maximum atomic E-state index is 11.7. The van der Waals surface area contributed by atoms with Crippen LogP contribution in [-0.4, -0.2) is 42.4 Å². The minimum Gasteiger partial charge on any atom is -0.466 e. The lowest BCUT2D eigenvalue weighted by atomic mass is 10.1. The van der Waals surface area contributed by atoms with E-state index >= 15 is 0 Å². The van der Waals surface area contributed by atoms with Crippen molar-refractivity contribution in [2.24, 2.45) is 0 Å². The van der Waals surface area contributed by atoms with Gasteiger partial charge in [-0.15, -0.1) is 0 Å². The van der Waals surface area contributed by atoms with Crippen molar-refractivity contribution >= 4 is 12.4 Å². The molecule has 0 aromatic heterocycles. The maximum Gasteiger partial charge on any atom is 0.305 e. The lowest BCUT2D eigenvalue weighted by molar-refractivity contribution is -0.143. The monoisotopic (exact) mass is 591 g/mol. The number of aryl methyl sites for hydroxylation is 1. The van der Waals surface area contributed by atoms with Crippen molar-refractivity contribution in [1.29, 1.82) is 0 Å². The largest absolute Gasteiger partial charge is 0.466 e. The summed E-state index contributed by atoms with van der Waals surface area (Å²) in [6.45, 7) is 9.28. The van der Waals surface area contributed by atoms with Crippen LogP contribution in [0.4, 0.5) is 0 Å². The molecule has 0 amide bonds. The van der Waals surface area contributed by atoms with E-state index < -0.39 is 0 Å². The molecule has 0 aliphatic heterocycles. The Labute approximate surface area is 258 Å². The molecule has 1 aromatic carbocycles. The normalized spacial score (nSPS) is 10.8. The van der Waals surface area contributed by atoms with E-state index in [9.17, 15) is 14.8 Å². The van der Waals surface area contributed by atoms with Gasteiger partial charge in [-0.2, -0.15) is 5.06 Å². The average Bonchev–Trinajstić information content (AvgIpc) is 2.99. The fourth-order valence-electron chi connectivity index (χ4n) is 4.83. The highest BCUT2D eigenvalue weighted by atomic mass is 16.5. The van der Waals surface area contributed by atoms with Crippen molar-refractivity contribution < 1.29 is 24.3 Å². The highest BCUT2D eigenvalue weighted by Crippen LogP contribution is 2.15. The molecule has 0 aliphatic carbocycles. The van der Waals surface area contributed by atoms with Crippen molar-refractivity contribution in [3.05, 3.63) is 29.8 Å². The molecule has 1 rings (SSSR count). The van der Waals surface area contributed by atoms with Crippen LogP contribution >= 0.6 is 0 Å². The van der Waals surface area contributed by atoms with Crippen LogP contribution in [0.25, 0.3) is 0 Å². The molecule has 6 nitrogen and oxygen atoms in total. The molecule has 0 saturated heterocycles. The fraction of sp³-hybridized carbons (Fsp3) is 0.778. The highest BCUT2D eigenvalue weighted by Gasteiger charge is 2.04. The first kappa shape index (κ1) is 40.1. The van der Waals surface area contributed by atoms with Gasteiger partial charge in [0, 0.05) is 19.5 Å². The van der Waals surface area contributed by atoms with Crippen LogP contribution in [0.5, 0.6) is 5.75 Å². The van der Waals surface area contributed by atoms with E-state index in [-0.39, 0.29) is 5.97 Å². The molecule has 1 N–H and O–H groups in total. The summed E-state index contributed by atoms with van der Waals surface area (Å²) in [5, 5.41) is 11.3. The van der Waals surface area contributed by atoms with Gasteiger partial charge in [0.25, 0.3) is 6.47 Å². The summed E-state index contributed by atoms with van der Waals surface area (Å²) >= 11 is 0. The summed E-state index contributed by atoms with van der Waals surface area (Å²) in [5.74, 6) is 0.600. The van der Waals surface area contributed by atoms with Crippen LogP contribution in [0.2, 0.25) is 0 Å². The van der Waals surface area contributed by atoms with Gasteiger partial charge in [-0.1, -0.05) is 129 Å². The Bertz CT molecular complexity index is 726. The van der Waals surface area contributed by atoms with E-state index in [2.05, 4.69) is 26.8 Å². The number of rotatable bonds is 28. The van der Waals surface area contributed by atoms with Crippen LogP contribution in [0.3, 0.4) is 0 Å². The Hall–Kier alpha value is -1.92. The van der Waals surface area contributed by atoms with Crippen LogP contribution in [-0.2, 0) is 20.7 Å². The predicted octanol–water partition coefficient (Wildman–Crippen LogP) is 10.2. The third kappa shape index (κ3) is 28.2. The first-order chi connectivity index (χ1) is 20.6. The fourth-order valence-corrected chi connectivity index (χ4v) is 4.83. The van der Waals surface area contributed by atoms with Crippen LogP contribution in [0.15, 0.2) is 24.3 Å². The van der Waals surface area contributed by atoms with Crippen LogP contribution in [0.1, 0.15) is 161 Å². The number of carbonyl (C=O) groups excluding carboxylic acids is 2. The van der Waals surface area contributed by atoms with Gasteiger partial charge < -0.3 is 14.7 Å². The summed E-state index contributed by atoms with van der Waals surface area (Å²) in [5.41, 5.74) is 1.23. The Morgan fingerprint density at radius 3 is 1.83 bits per heavy atom. The first-order valence-corrected chi connectivity index (χ1v) is 17.4. The van der Waals surface area contributed by atoms with Crippen LogP contribution < -0.4 is 4.74 Å². The minimum atomic E-state index is -0.0333. The molecule has 0 atom stereocenters. The number of hydroxylamine groups is 2. The van der Waals surface area contributed by atoms with E-state index in [1.54, 1.807) is 6.07 Å². The molecule has 0 unspecified atom stereocenters. The number of hydrogen-bond acceptors (Lipinski definition) is 6. The topological polar surface area (TPSA) is 76.1 Å². The molecular weight excluding hydrogens is 526 g/mol. The van der Waals surface area contributed by atoms with Gasteiger partial charge >= 0.3 is 5.97 Å². The molecule has 0 spiro atoms. The molecule has 0 fully saturated rings. The highest BCUT2D eigenvalue weighted by molar-refractivity contribution is 5.69. The van der Waals surface area contributed by atoms with Crippen LogP contribution in [0, 0.1) is 0 Å². The van der Waals surface area contributed by atoms with Crippen molar-refractivity contribution in [2.75, 3.05) is 19.7 Å². The SMILES string of the molecule is CCCCCCCCOC(=O)CCCCCCCN(O)CCCCCCCC.CCCCCc1cccc(OC=O)c1. The molecule has 0 aliphatic rings. The van der Waals surface area contributed by atoms with Crippen molar-refractivity contribution in [1.82, 2.24) is 5.06 Å². The predicted molar refractivity (Wildman–Crippen MR) is 175 cm³/mol. The third-order valence-corrected chi connectivity index (χ3v) is 7.48. The van der Waals surface area contributed by atoms with E-state index in [4.69, 9.17) is 9.47 Å². The molecule has 0 saturated carbocycles.